The topological polar surface area (TPSA) is 29.3 Å². The quantitative estimate of drug-likeness (QED) is 0.830. The highest BCUT2D eigenvalue weighted by Gasteiger charge is 2.12. The standard InChI is InChI=1S/C15H17FN2/c1-3-18(12-7-4-6-11(2)10-12)14-9-5-8-13(16)15(14)17/h4-10H,3,17H2,1-2H3. The third-order valence-corrected chi connectivity index (χ3v) is 2.95. The van der Waals surface area contributed by atoms with Gasteiger partial charge in [0.05, 0.1) is 11.4 Å². The van der Waals surface area contributed by atoms with Crippen molar-refractivity contribution in [2.75, 3.05) is 17.2 Å². The van der Waals surface area contributed by atoms with Gasteiger partial charge in [-0.3, -0.25) is 0 Å². The zero-order chi connectivity index (χ0) is 13.1. The van der Waals surface area contributed by atoms with Gasteiger partial charge in [0.25, 0.3) is 0 Å². The van der Waals surface area contributed by atoms with Crippen LogP contribution in [0.2, 0.25) is 0 Å². The van der Waals surface area contributed by atoms with Crippen LogP contribution in [-0.4, -0.2) is 6.54 Å². The van der Waals surface area contributed by atoms with Crippen molar-refractivity contribution in [3.63, 3.8) is 0 Å². The fourth-order valence-corrected chi connectivity index (χ4v) is 2.05. The summed E-state index contributed by atoms with van der Waals surface area (Å²) < 4.78 is 13.5. The average Bonchev–Trinajstić information content (AvgIpc) is 2.35. The van der Waals surface area contributed by atoms with E-state index in [9.17, 15) is 4.39 Å². The molecular weight excluding hydrogens is 227 g/mol. The van der Waals surface area contributed by atoms with Crippen LogP contribution in [0.1, 0.15) is 12.5 Å². The van der Waals surface area contributed by atoms with Gasteiger partial charge in [-0.15, -0.1) is 0 Å². The minimum atomic E-state index is -0.376. The fourth-order valence-electron chi connectivity index (χ4n) is 2.05. The molecule has 0 amide bonds. The fraction of sp³-hybridized carbons (Fsp3) is 0.200. The molecule has 3 heteroatoms. The molecule has 2 nitrogen and oxygen atoms in total. The molecule has 2 rings (SSSR count). The molecule has 2 aromatic carbocycles. The van der Waals surface area contributed by atoms with Gasteiger partial charge >= 0.3 is 0 Å². The molecule has 0 saturated carbocycles. The van der Waals surface area contributed by atoms with E-state index >= 15 is 0 Å². The first-order valence-electron chi connectivity index (χ1n) is 6.01. The molecule has 18 heavy (non-hydrogen) atoms. The molecule has 0 bridgehead atoms. The van der Waals surface area contributed by atoms with E-state index in [1.807, 2.05) is 43.0 Å². The number of rotatable bonds is 3. The molecule has 0 aromatic heterocycles. The maximum atomic E-state index is 13.5. The van der Waals surface area contributed by atoms with Crippen molar-refractivity contribution >= 4 is 17.1 Å². The van der Waals surface area contributed by atoms with Crippen molar-refractivity contribution in [1.29, 1.82) is 0 Å². The summed E-state index contributed by atoms with van der Waals surface area (Å²) >= 11 is 0. The number of nitrogen functional groups attached to an aromatic ring is 1. The Labute approximate surface area is 107 Å². The molecule has 0 fully saturated rings. The van der Waals surface area contributed by atoms with Crippen LogP contribution in [0, 0.1) is 12.7 Å². The summed E-state index contributed by atoms with van der Waals surface area (Å²) in [6, 6.07) is 13.0. The summed E-state index contributed by atoms with van der Waals surface area (Å²) in [6.07, 6.45) is 0. The highest BCUT2D eigenvalue weighted by Crippen LogP contribution is 2.31. The maximum absolute atomic E-state index is 13.5. The minimum absolute atomic E-state index is 0.195. The Morgan fingerprint density at radius 3 is 2.56 bits per heavy atom. The van der Waals surface area contributed by atoms with Gasteiger partial charge in [-0.1, -0.05) is 18.2 Å². The second-order valence-corrected chi connectivity index (χ2v) is 4.26. The molecule has 2 N–H and O–H groups in total. The first-order valence-corrected chi connectivity index (χ1v) is 6.01. The van der Waals surface area contributed by atoms with Crippen LogP contribution in [0.15, 0.2) is 42.5 Å². The number of hydrogen-bond acceptors (Lipinski definition) is 2. The second-order valence-electron chi connectivity index (χ2n) is 4.26. The van der Waals surface area contributed by atoms with Gasteiger partial charge in [0.15, 0.2) is 0 Å². The first kappa shape index (κ1) is 12.4. The Hall–Kier alpha value is -2.03. The van der Waals surface area contributed by atoms with Crippen molar-refractivity contribution in [1.82, 2.24) is 0 Å². The SMILES string of the molecule is CCN(c1cccc(C)c1)c1cccc(F)c1N. The lowest BCUT2D eigenvalue weighted by Gasteiger charge is -2.25. The Kier molecular flexibility index (Phi) is 3.51. The lowest BCUT2D eigenvalue weighted by atomic mass is 10.1. The maximum Gasteiger partial charge on any atom is 0.148 e. The average molecular weight is 244 g/mol. The molecule has 0 radical (unpaired) electrons. The number of nitrogens with two attached hydrogens (primary N) is 1. The number of aryl methyl sites for hydroxylation is 1. The molecule has 0 saturated heterocycles. The van der Waals surface area contributed by atoms with E-state index in [1.54, 1.807) is 6.07 Å². The van der Waals surface area contributed by atoms with Crippen LogP contribution < -0.4 is 10.6 Å². The zero-order valence-corrected chi connectivity index (χ0v) is 10.7. The molecule has 2 aromatic rings. The van der Waals surface area contributed by atoms with Gasteiger partial charge in [-0.05, 0) is 43.7 Å². The molecule has 0 aliphatic carbocycles. The lowest BCUT2D eigenvalue weighted by molar-refractivity contribution is 0.632. The minimum Gasteiger partial charge on any atom is -0.395 e. The number of halogens is 1. The molecule has 0 heterocycles. The summed E-state index contributed by atoms with van der Waals surface area (Å²) in [5, 5.41) is 0. The highest BCUT2D eigenvalue weighted by atomic mass is 19.1. The predicted octanol–water partition coefficient (Wildman–Crippen LogP) is 3.87. The summed E-state index contributed by atoms with van der Waals surface area (Å²) in [7, 11) is 0. The Morgan fingerprint density at radius 1 is 1.17 bits per heavy atom. The van der Waals surface area contributed by atoms with E-state index in [0.29, 0.717) is 5.69 Å². The molecular formula is C15H17FN2. The molecule has 0 aliphatic rings. The van der Waals surface area contributed by atoms with Crippen molar-refractivity contribution in [2.24, 2.45) is 0 Å². The van der Waals surface area contributed by atoms with Crippen LogP contribution in [0.5, 0.6) is 0 Å². The van der Waals surface area contributed by atoms with Gasteiger partial charge in [0.1, 0.15) is 5.82 Å². The van der Waals surface area contributed by atoms with E-state index in [0.717, 1.165) is 12.2 Å². The van der Waals surface area contributed by atoms with Gasteiger partial charge in [0.2, 0.25) is 0 Å². The monoisotopic (exact) mass is 244 g/mol. The van der Waals surface area contributed by atoms with Crippen LogP contribution in [0.4, 0.5) is 21.5 Å². The molecule has 0 atom stereocenters. The number of para-hydroxylation sites is 1. The van der Waals surface area contributed by atoms with Crippen molar-refractivity contribution in [3.8, 4) is 0 Å². The van der Waals surface area contributed by atoms with Gasteiger partial charge in [0, 0.05) is 12.2 Å². The lowest BCUT2D eigenvalue weighted by Crippen LogP contribution is -2.18. The third kappa shape index (κ3) is 2.30. The largest absolute Gasteiger partial charge is 0.395 e. The van der Waals surface area contributed by atoms with Gasteiger partial charge in [-0.2, -0.15) is 0 Å². The van der Waals surface area contributed by atoms with E-state index in [4.69, 9.17) is 5.73 Å². The first-order chi connectivity index (χ1) is 8.63. The van der Waals surface area contributed by atoms with Crippen LogP contribution in [0.3, 0.4) is 0 Å². The van der Waals surface area contributed by atoms with Crippen molar-refractivity contribution < 1.29 is 4.39 Å². The normalized spacial score (nSPS) is 10.4. The number of benzene rings is 2. The summed E-state index contributed by atoms with van der Waals surface area (Å²) in [5.74, 6) is -0.376. The smallest absolute Gasteiger partial charge is 0.148 e. The third-order valence-electron chi connectivity index (χ3n) is 2.95. The number of anilines is 3. The Morgan fingerprint density at radius 2 is 1.89 bits per heavy atom. The summed E-state index contributed by atoms with van der Waals surface area (Å²) in [6.45, 7) is 4.79. The van der Waals surface area contributed by atoms with Crippen LogP contribution in [0.25, 0.3) is 0 Å². The van der Waals surface area contributed by atoms with Gasteiger partial charge in [-0.25, -0.2) is 4.39 Å². The van der Waals surface area contributed by atoms with Crippen LogP contribution in [-0.2, 0) is 0 Å². The van der Waals surface area contributed by atoms with E-state index in [-0.39, 0.29) is 11.5 Å². The Bertz CT molecular complexity index is 552. The van der Waals surface area contributed by atoms with Crippen molar-refractivity contribution in [2.45, 2.75) is 13.8 Å². The predicted molar refractivity (Wildman–Crippen MR) is 74.7 cm³/mol. The Balaban J connectivity index is 2.49. The van der Waals surface area contributed by atoms with Crippen LogP contribution >= 0.6 is 0 Å². The zero-order valence-electron chi connectivity index (χ0n) is 10.7. The highest BCUT2D eigenvalue weighted by molar-refractivity contribution is 5.75. The van der Waals surface area contributed by atoms with E-state index < -0.39 is 0 Å². The number of hydrogen-bond donors (Lipinski definition) is 1. The summed E-state index contributed by atoms with van der Waals surface area (Å²) in [5.41, 5.74) is 8.91. The molecule has 0 spiro atoms. The number of nitrogens with zero attached hydrogens (tertiary/aromatic N) is 1. The van der Waals surface area contributed by atoms with E-state index in [1.165, 1.54) is 11.6 Å². The van der Waals surface area contributed by atoms with Crippen molar-refractivity contribution in [3.05, 3.63) is 53.8 Å². The second kappa shape index (κ2) is 5.08. The molecule has 0 aliphatic heterocycles. The van der Waals surface area contributed by atoms with Gasteiger partial charge < -0.3 is 10.6 Å². The summed E-state index contributed by atoms with van der Waals surface area (Å²) in [4.78, 5) is 2.01. The molecule has 0 unspecified atom stereocenters. The molecule has 94 valence electrons. The van der Waals surface area contributed by atoms with E-state index in [2.05, 4.69) is 6.07 Å².